The van der Waals surface area contributed by atoms with Gasteiger partial charge in [-0.25, -0.2) is 0 Å². The van der Waals surface area contributed by atoms with Gasteiger partial charge in [0.25, 0.3) is 0 Å². The SMILES string of the molecule is CC1C(C)(C)C2(C)CC1(C)C2(C)C(C)(C)C. The molecule has 0 aromatic carbocycles. The Balaban J connectivity index is 2.63. The first kappa shape index (κ1) is 12.5. The van der Waals surface area contributed by atoms with E-state index >= 15 is 0 Å². The molecule has 0 aliphatic heterocycles. The molecule has 0 N–H and O–H groups in total. The van der Waals surface area contributed by atoms with Crippen molar-refractivity contribution in [3.05, 3.63) is 0 Å². The molecule has 2 bridgehead atoms. The smallest absolute Gasteiger partial charge is 0.0161 e. The van der Waals surface area contributed by atoms with Gasteiger partial charge in [-0.3, -0.25) is 0 Å². The van der Waals surface area contributed by atoms with Gasteiger partial charge in [0.2, 0.25) is 0 Å². The lowest BCUT2D eigenvalue weighted by molar-refractivity contribution is -0.217. The average molecular weight is 222 g/mol. The summed E-state index contributed by atoms with van der Waals surface area (Å²) in [7, 11) is 0. The second-order valence-electron chi connectivity index (χ2n) is 8.74. The van der Waals surface area contributed by atoms with Crippen molar-refractivity contribution in [1.29, 1.82) is 0 Å². The average Bonchev–Trinajstić information content (AvgIpc) is 2.29. The number of hydrogen-bond acceptors (Lipinski definition) is 0. The molecule has 4 unspecified atom stereocenters. The van der Waals surface area contributed by atoms with Crippen LogP contribution < -0.4 is 0 Å². The highest BCUT2D eigenvalue weighted by Crippen LogP contribution is 2.89. The maximum Gasteiger partial charge on any atom is -0.0161 e. The van der Waals surface area contributed by atoms with Crippen molar-refractivity contribution >= 4 is 0 Å². The largest absolute Gasteiger partial charge is 0.0614 e. The van der Waals surface area contributed by atoms with E-state index in [4.69, 9.17) is 0 Å². The zero-order chi connectivity index (χ0) is 12.8. The fourth-order valence-electron chi connectivity index (χ4n) is 6.03. The summed E-state index contributed by atoms with van der Waals surface area (Å²) in [4.78, 5) is 0. The molecule has 0 aromatic heterocycles. The van der Waals surface area contributed by atoms with Crippen molar-refractivity contribution in [2.45, 2.75) is 68.7 Å². The van der Waals surface area contributed by atoms with E-state index in [9.17, 15) is 0 Å². The van der Waals surface area contributed by atoms with Crippen LogP contribution in [-0.4, -0.2) is 0 Å². The minimum Gasteiger partial charge on any atom is -0.0614 e. The maximum absolute atomic E-state index is 2.56. The summed E-state index contributed by atoms with van der Waals surface area (Å²) >= 11 is 0. The molecule has 0 heteroatoms. The third kappa shape index (κ3) is 0.811. The van der Waals surface area contributed by atoms with Gasteiger partial charge in [-0.1, -0.05) is 62.3 Å². The van der Waals surface area contributed by atoms with E-state index in [0.29, 0.717) is 27.1 Å². The van der Waals surface area contributed by atoms with E-state index in [1.54, 1.807) is 0 Å². The predicted octanol–water partition coefficient (Wildman–Crippen LogP) is 5.13. The third-order valence-electron chi connectivity index (χ3n) is 7.93. The van der Waals surface area contributed by atoms with E-state index in [1.165, 1.54) is 6.42 Å². The molecule has 3 saturated carbocycles. The zero-order valence-corrected chi connectivity index (χ0v) is 12.8. The van der Waals surface area contributed by atoms with E-state index in [1.807, 2.05) is 0 Å². The number of hydrogen-bond donors (Lipinski definition) is 0. The minimum absolute atomic E-state index is 0.400. The Morgan fingerprint density at radius 2 is 1.38 bits per heavy atom. The second-order valence-corrected chi connectivity index (χ2v) is 8.74. The van der Waals surface area contributed by atoms with Crippen LogP contribution in [0.4, 0.5) is 0 Å². The lowest BCUT2D eigenvalue weighted by Crippen LogP contribution is -2.63. The van der Waals surface area contributed by atoms with Crippen molar-refractivity contribution in [1.82, 2.24) is 0 Å². The van der Waals surface area contributed by atoms with Gasteiger partial charge in [0, 0.05) is 0 Å². The molecule has 3 fully saturated rings. The third-order valence-corrected chi connectivity index (χ3v) is 7.93. The van der Waals surface area contributed by atoms with Crippen molar-refractivity contribution in [2.75, 3.05) is 0 Å². The van der Waals surface area contributed by atoms with Gasteiger partial charge in [0.15, 0.2) is 0 Å². The van der Waals surface area contributed by atoms with E-state index in [-0.39, 0.29) is 0 Å². The van der Waals surface area contributed by atoms with Crippen molar-refractivity contribution < 1.29 is 0 Å². The highest BCUT2D eigenvalue weighted by molar-refractivity contribution is 5.30. The normalized spacial score (nSPS) is 54.9. The lowest BCUT2D eigenvalue weighted by Gasteiger charge is -2.69. The molecule has 3 aliphatic rings. The van der Waals surface area contributed by atoms with Gasteiger partial charge >= 0.3 is 0 Å². The Kier molecular flexibility index (Phi) is 1.98. The Bertz CT molecular complexity index is 332. The van der Waals surface area contributed by atoms with Crippen LogP contribution in [0.5, 0.6) is 0 Å². The van der Waals surface area contributed by atoms with Crippen LogP contribution in [0.1, 0.15) is 68.7 Å². The highest BCUT2D eigenvalue weighted by Gasteiger charge is 2.83. The summed E-state index contributed by atoms with van der Waals surface area (Å²) < 4.78 is 0. The Labute approximate surface area is 102 Å². The molecule has 0 saturated heterocycles. The fraction of sp³-hybridized carbons (Fsp3) is 1.00. The van der Waals surface area contributed by atoms with Crippen LogP contribution in [0.25, 0.3) is 0 Å². The van der Waals surface area contributed by atoms with Gasteiger partial charge in [0.05, 0.1) is 0 Å². The summed E-state index contributed by atoms with van der Waals surface area (Å²) in [5, 5.41) is 0. The van der Waals surface area contributed by atoms with Crippen molar-refractivity contribution in [3.8, 4) is 0 Å². The summed E-state index contributed by atoms with van der Waals surface area (Å²) in [6.45, 7) is 22.5. The first-order chi connectivity index (χ1) is 6.86. The Hall–Kier alpha value is 0. The van der Waals surface area contributed by atoms with Crippen LogP contribution in [0, 0.1) is 33.0 Å². The number of rotatable bonds is 0. The molecule has 94 valence electrons. The predicted molar refractivity (Wildman–Crippen MR) is 71.3 cm³/mol. The van der Waals surface area contributed by atoms with E-state index < -0.39 is 0 Å². The summed E-state index contributed by atoms with van der Waals surface area (Å²) in [5.41, 5.74) is 2.38. The van der Waals surface area contributed by atoms with Gasteiger partial charge < -0.3 is 0 Å². The van der Waals surface area contributed by atoms with Crippen molar-refractivity contribution in [3.63, 3.8) is 0 Å². The zero-order valence-electron chi connectivity index (χ0n) is 12.8. The van der Waals surface area contributed by atoms with Crippen LogP contribution in [0.3, 0.4) is 0 Å². The van der Waals surface area contributed by atoms with Gasteiger partial charge in [-0.05, 0) is 39.4 Å². The molecular formula is C16H30. The Morgan fingerprint density at radius 3 is 1.50 bits per heavy atom. The monoisotopic (exact) mass is 222 g/mol. The molecule has 3 aliphatic carbocycles. The maximum atomic E-state index is 2.56. The topological polar surface area (TPSA) is 0 Å². The highest BCUT2D eigenvalue weighted by atomic mass is 14.9. The van der Waals surface area contributed by atoms with Crippen LogP contribution in [0.2, 0.25) is 0 Å². The quantitative estimate of drug-likeness (QED) is 0.533. The summed E-state index contributed by atoms with van der Waals surface area (Å²) in [6.07, 6.45) is 1.42. The summed E-state index contributed by atoms with van der Waals surface area (Å²) in [6, 6.07) is 0. The molecule has 3 rings (SSSR count). The first-order valence-electron chi connectivity index (χ1n) is 6.86. The lowest BCUT2D eigenvalue weighted by atomic mass is 9.34. The number of fused-ring (bicyclic) bond motifs is 1. The first-order valence-corrected chi connectivity index (χ1v) is 6.86. The summed E-state index contributed by atoms with van der Waals surface area (Å²) in [5.74, 6) is 0.828. The van der Waals surface area contributed by atoms with E-state index in [0.717, 1.165) is 5.92 Å². The molecule has 0 amide bonds. The van der Waals surface area contributed by atoms with Crippen molar-refractivity contribution in [2.24, 2.45) is 33.0 Å². The van der Waals surface area contributed by atoms with Crippen LogP contribution in [0.15, 0.2) is 0 Å². The second kappa shape index (κ2) is 2.54. The molecule has 0 spiro atoms. The molecule has 0 nitrogen and oxygen atoms in total. The minimum atomic E-state index is 0.400. The van der Waals surface area contributed by atoms with Crippen LogP contribution >= 0.6 is 0 Å². The molecular weight excluding hydrogens is 192 g/mol. The molecule has 4 atom stereocenters. The molecule has 0 heterocycles. The Morgan fingerprint density at radius 1 is 0.938 bits per heavy atom. The molecule has 0 aromatic rings. The van der Waals surface area contributed by atoms with Gasteiger partial charge in [-0.2, -0.15) is 0 Å². The molecule has 16 heavy (non-hydrogen) atoms. The van der Waals surface area contributed by atoms with Gasteiger partial charge in [0.1, 0.15) is 0 Å². The van der Waals surface area contributed by atoms with Gasteiger partial charge in [-0.15, -0.1) is 0 Å². The standard InChI is InChI=1S/C16H30/c1-11-13(5,6)15(8)10-14(11,7)16(15,9)12(2,3)4/h11H,10H2,1-9H3. The van der Waals surface area contributed by atoms with E-state index in [2.05, 4.69) is 62.3 Å². The fourth-order valence-corrected chi connectivity index (χ4v) is 6.03. The molecule has 0 radical (unpaired) electrons. The van der Waals surface area contributed by atoms with Crippen LogP contribution in [-0.2, 0) is 0 Å².